The molecule has 1 fully saturated rings. The summed E-state index contributed by atoms with van der Waals surface area (Å²) in [6.45, 7) is 1.92. The average molecular weight is 449 g/mol. The van der Waals surface area contributed by atoms with Gasteiger partial charge in [0.05, 0.1) is 12.5 Å². The molecule has 0 radical (unpaired) electrons. The van der Waals surface area contributed by atoms with E-state index in [0.717, 1.165) is 53.7 Å². The molecule has 1 amide bonds. The number of nitrogens with one attached hydrogen (secondary N) is 2. The van der Waals surface area contributed by atoms with Crippen LogP contribution in [0.4, 0.5) is 5.95 Å². The topological polar surface area (TPSA) is 113 Å². The molecule has 0 spiro atoms. The standard InChI is InChI=1S/C23H28N8O2/c1-13-28-29-18-10-7-15(12-31(13)18)17-11-24-20-19(17)21(33-4)27-23(26-20)25-16-8-5-14(6-9-16)22(32)30(2)3/h7,10-12,14,16H,5-6,8-9H2,1-4H3,(H2,24,25,26,27)/t14-,16+. The highest BCUT2D eigenvalue weighted by molar-refractivity contribution is 5.97. The Hall–Kier alpha value is -3.69. The van der Waals surface area contributed by atoms with Crippen molar-refractivity contribution in [3.8, 4) is 17.0 Å². The van der Waals surface area contributed by atoms with E-state index in [1.54, 1.807) is 12.0 Å². The fourth-order valence-electron chi connectivity index (χ4n) is 4.64. The van der Waals surface area contributed by atoms with E-state index in [9.17, 15) is 4.79 Å². The summed E-state index contributed by atoms with van der Waals surface area (Å²) in [5.41, 5.74) is 3.44. The van der Waals surface area contributed by atoms with E-state index in [0.29, 0.717) is 17.5 Å². The van der Waals surface area contributed by atoms with E-state index >= 15 is 0 Å². The van der Waals surface area contributed by atoms with Crippen LogP contribution in [0.5, 0.6) is 5.88 Å². The van der Waals surface area contributed by atoms with Crippen LogP contribution in [0.25, 0.3) is 27.8 Å². The van der Waals surface area contributed by atoms with E-state index < -0.39 is 0 Å². The number of rotatable bonds is 5. The molecular formula is C23H28N8O2. The second-order valence-corrected chi connectivity index (χ2v) is 8.80. The van der Waals surface area contributed by atoms with Crippen molar-refractivity contribution < 1.29 is 9.53 Å². The Balaban J connectivity index is 1.40. The Bertz CT molecular complexity index is 1320. The van der Waals surface area contributed by atoms with E-state index in [-0.39, 0.29) is 17.9 Å². The number of aryl methyl sites for hydroxylation is 1. The van der Waals surface area contributed by atoms with Gasteiger partial charge in [0.1, 0.15) is 11.5 Å². The number of carbonyl (C=O) groups is 1. The van der Waals surface area contributed by atoms with Gasteiger partial charge < -0.3 is 19.9 Å². The molecule has 4 heterocycles. The summed E-state index contributed by atoms with van der Waals surface area (Å²) in [7, 11) is 5.25. The van der Waals surface area contributed by atoms with Crippen molar-refractivity contribution in [1.29, 1.82) is 0 Å². The zero-order chi connectivity index (χ0) is 23.1. The van der Waals surface area contributed by atoms with Crippen molar-refractivity contribution in [2.45, 2.75) is 38.6 Å². The molecule has 10 nitrogen and oxygen atoms in total. The minimum Gasteiger partial charge on any atom is -0.480 e. The van der Waals surface area contributed by atoms with Crippen molar-refractivity contribution in [1.82, 2.24) is 34.4 Å². The lowest BCUT2D eigenvalue weighted by Gasteiger charge is -2.29. The number of aromatic nitrogens is 6. The normalized spacial score (nSPS) is 18.5. The molecule has 33 heavy (non-hydrogen) atoms. The smallest absolute Gasteiger partial charge is 0.228 e. The lowest BCUT2D eigenvalue weighted by molar-refractivity contribution is -0.133. The lowest BCUT2D eigenvalue weighted by atomic mass is 9.85. The van der Waals surface area contributed by atoms with Gasteiger partial charge in [0.25, 0.3) is 0 Å². The highest BCUT2D eigenvalue weighted by atomic mass is 16.5. The van der Waals surface area contributed by atoms with Crippen molar-refractivity contribution in [2.24, 2.45) is 5.92 Å². The summed E-state index contributed by atoms with van der Waals surface area (Å²) < 4.78 is 7.61. The fraction of sp³-hybridized carbons (Fsp3) is 0.435. The second kappa shape index (κ2) is 8.34. The molecule has 0 saturated heterocycles. The Kier molecular flexibility index (Phi) is 5.35. The minimum absolute atomic E-state index is 0.105. The zero-order valence-corrected chi connectivity index (χ0v) is 19.3. The second-order valence-electron chi connectivity index (χ2n) is 8.80. The Morgan fingerprint density at radius 1 is 1.18 bits per heavy atom. The van der Waals surface area contributed by atoms with Crippen LogP contribution < -0.4 is 10.1 Å². The quantitative estimate of drug-likeness (QED) is 0.482. The summed E-state index contributed by atoms with van der Waals surface area (Å²) in [5.74, 6) is 2.18. The molecule has 1 aliphatic rings. The molecule has 0 aromatic carbocycles. The number of pyridine rings is 1. The number of anilines is 1. The van der Waals surface area contributed by atoms with Gasteiger partial charge >= 0.3 is 0 Å². The molecule has 4 aromatic rings. The first-order valence-corrected chi connectivity index (χ1v) is 11.2. The zero-order valence-electron chi connectivity index (χ0n) is 19.3. The maximum Gasteiger partial charge on any atom is 0.228 e. The highest BCUT2D eigenvalue weighted by Gasteiger charge is 2.28. The van der Waals surface area contributed by atoms with E-state index in [2.05, 4.69) is 25.5 Å². The number of H-pyrrole nitrogens is 1. The van der Waals surface area contributed by atoms with Gasteiger partial charge in [-0.1, -0.05) is 0 Å². The van der Waals surface area contributed by atoms with Crippen LogP contribution >= 0.6 is 0 Å². The van der Waals surface area contributed by atoms with Crippen molar-refractivity contribution >= 4 is 28.5 Å². The number of methoxy groups -OCH3 is 1. The first-order chi connectivity index (χ1) is 15.9. The van der Waals surface area contributed by atoms with Gasteiger partial charge in [0.15, 0.2) is 5.65 Å². The largest absolute Gasteiger partial charge is 0.480 e. The van der Waals surface area contributed by atoms with Crippen molar-refractivity contribution in [3.63, 3.8) is 0 Å². The van der Waals surface area contributed by atoms with Crippen LogP contribution in [0.15, 0.2) is 24.5 Å². The predicted octanol–water partition coefficient (Wildman–Crippen LogP) is 3.04. The molecule has 4 aromatic heterocycles. The van der Waals surface area contributed by atoms with Crippen LogP contribution in [0.2, 0.25) is 0 Å². The predicted molar refractivity (Wildman–Crippen MR) is 125 cm³/mol. The summed E-state index contributed by atoms with van der Waals surface area (Å²) in [6.07, 6.45) is 7.47. The van der Waals surface area contributed by atoms with Crippen LogP contribution in [0, 0.1) is 12.8 Å². The SMILES string of the molecule is COc1nc(N[C@H]2CC[C@@H](C(=O)N(C)C)CC2)nc2[nH]cc(-c3ccc4nnc(C)n4c3)c12. The van der Waals surface area contributed by atoms with E-state index in [4.69, 9.17) is 9.72 Å². The molecule has 0 unspecified atom stereocenters. The van der Waals surface area contributed by atoms with Gasteiger partial charge in [-0.05, 0) is 44.7 Å². The molecule has 0 aliphatic heterocycles. The Morgan fingerprint density at radius 2 is 1.97 bits per heavy atom. The van der Waals surface area contributed by atoms with Crippen molar-refractivity contribution in [3.05, 3.63) is 30.4 Å². The molecular weight excluding hydrogens is 420 g/mol. The van der Waals surface area contributed by atoms with Gasteiger partial charge in [-0.2, -0.15) is 9.97 Å². The maximum atomic E-state index is 12.2. The molecule has 5 rings (SSSR count). The van der Waals surface area contributed by atoms with Gasteiger partial charge in [0, 0.05) is 49.6 Å². The number of carbonyl (C=O) groups excluding carboxylic acids is 1. The van der Waals surface area contributed by atoms with Gasteiger partial charge in [-0.3, -0.25) is 9.20 Å². The van der Waals surface area contributed by atoms with Crippen LogP contribution in [0.3, 0.4) is 0 Å². The maximum absolute atomic E-state index is 12.2. The number of hydrogen-bond acceptors (Lipinski definition) is 7. The van der Waals surface area contributed by atoms with E-state index in [1.807, 2.05) is 49.9 Å². The molecule has 172 valence electrons. The highest BCUT2D eigenvalue weighted by Crippen LogP contribution is 2.35. The number of aromatic amines is 1. The van der Waals surface area contributed by atoms with Crippen molar-refractivity contribution in [2.75, 3.05) is 26.5 Å². The number of fused-ring (bicyclic) bond motifs is 2. The molecule has 2 N–H and O–H groups in total. The fourth-order valence-corrected chi connectivity index (χ4v) is 4.64. The van der Waals surface area contributed by atoms with Crippen LogP contribution in [0.1, 0.15) is 31.5 Å². The molecule has 10 heteroatoms. The third kappa shape index (κ3) is 3.85. The lowest BCUT2D eigenvalue weighted by Crippen LogP contribution is -2.35. The summed E-state index contributed by atoms with van der Waals surface area (Å²) in [6, 6.07) is 4.17. The summed E-state index contributed by atoms with van der Waals surface area (Å²) >= 11 is 0. The first kappa shape index (κ1) is 21.2. The molecule has 0 atom stereocenters. The number of ether oxygens (including phenoxy) is 1. The van der Waals surface area contributed by atoms with Gasteiger partial charge in [-0.25, -0.2) is 0 Å². The third-order valence-electron chi connectivity index (χ3n) is 6.43. The average Bonchev–Trinajstić information content (AvgIpc) is 3.42. The number of amides is 1. The van der Waals surface area contributed by atoms with Gasteiger partial charge in [-0.15, -0.1) is 10.2 Å². The first-order valence-electron chi connectivity index (χ1n) is 11.2. The summed E-state index contributed by atoms with van der Waals surface area (Å²) in [4.78, 5) is 26.6. The minimum atomic E-state index is 0.105. The van der Waals surface area contributed by atoms with E-state index in [1.165, 1.54) is 0 Å². The monoisotopic (exact) mass is 448 g/mol. The Labute approximate surface area is 191 Å². The Morgan fingerprint density at radius 3 is 2.70 bits per heavy atom. The summed E-state index contributed by atoms with van der Waals surface area (Å²) in [5, 5.41) is 12.6. The number of nitrogens with zero attached hydrogens (tertiary/aromatic N) is 6. The molecule has 1 saturated carbocycles. The van der Waals surface area contributed by atoms with Crippen LogP contribution in [-0.2, 0) is 4.79 Å². The van der Waals surface area contributed by atoms with Gasteiger partial charge in [0.2, 0.25) is 17.7 Å². The number of hydrogen-bond donors (Lipinski definition) is 2. The van der Waals surface area contributed by atoms with Crippen LogP contribution in [-0.4, -0.2) is 67.6 Å². The molecule has 1 aliphatic carbocycles. The molecule has 0 bridgehead atoms. The third-order valence-corrected chi connectivity index (χ3v) is 6.43.